The maximum absolute atomic E-state index is 11.1. The minimum atomic E-state index is 0. The number of hydrogen-bond donors (Lipinski definition) is 0. The van der Waals surface area contributed by atoms with E-state index in [4.69, 9.17) is 0 Å². The van der Waals surface area contributed by atoms with Crippen LogP contribution in [-0.4, -0.2) is 25.5 Å². The van der Waals surface area contributed by atoms with Crippen LogP contribution in [0.1, 0.15) is 11.1 Å². The summed E-state index contributed by atoms with van der Waals surface area (Å²) in [4.78, 5) is 7.96. The molecule has 0 aliphatic heterocycles. The normalized spacial score (nSPS) is 9.92. The maximum atomic E-state index is 11.1. The fraction of sp³-hybridized carbons (Fsp3) is 0.100. The zero-order chi connectivity index (χ0) is 17.6. The Morgan fingerprint density at radius 2 is 1.08 bits per heavy atom. The number of nitrogens with zero attached hydrogens (tertiary/aromatic N) is 2. The van der Waals surface area contributed by atoms with E-state index in [9.17, 15) is 10.2 Å². The van der Waals surface area contributed by atoms with Crippen molar-refractivity contribution in [2.24, 2.45) is 9.98 Å². The monoisotopic (exact) mass is 383 g/mol. The molecule has 133 valence electrons. The average Bonchev–Trinajstić information content (AvgIpc) is 2.59. The number of para-hydroxylation sites is 2. The SMILES string of the molecule is C=CCN=Cc1ccccc1[O-].C=CCN=Cc1ccccc1[O-].[Cu+2]. The first-order valence-electron chi connectivity index (χ1n) is 7.42. The van der Waals surface area contributed by atoms with Crippen molar-refractivity contribution in [3.8, 4) is 11.5 Å². The third kappa shape index (κ3) is 9.30. The van der Waals surface area contributed by atoms with Crippen molar-refractivity contribution in [2.75, 3.05) is 13.1 Å². The van der Waals surface area contributed by atoms with Crippen molar-refractivity contribution >= 4 is 12.4 Å². The molecule has 5 heteroatoms. The van der Waals surface area contributed by atoms with Crippen molar-refractivity contribution in [1.29, 1.82) is 0 Å². The molecule has 0 amide bonds. The Bertz CT molecular complexity index is 651. The van der Waals surface area contributed by atoms with Crippen LogP contribution in [0, 0.1) is 0 Å². The summed E-state index contributed by atoms with van der Waals surface area (Å²) in [6, 6.07) is 13.6. The molecule has 25 heavy (non-hydrogen) atoms. The number of hydrogen-bond acceptors (Lipinski definition) is 4. The van der Waals surface area contributed by atoms with Crippen LogP contribution >= 0.6 is 0 Å². The van der Waals surface area contributed by atoms with E-state index in [2.05, 4.69) is 23.1 Å². The Labute approximate surface area is 159 Å². The molecule has 0 saturated carbocycles. The van der Waals surface area contributed by atoms with Gasteiger partial charge < -0.3 is 10.2 Å². The molecule has 0 heterocycles. The molecule has 2 aromatic rings. The molecule has 2 aromatic carbocycles. The number of rotatable bonds is 6. The predicted octanol–water partition coefficient (Wildman–Crippen LogP) is 2.73. The van der Waals surface area contributed by atoms with Gasteiger partial charge in [-0.3, -0.25) is 9.98 Å². The maximum Gasteiger partial charge on any atom is 2.00 e. The van der Waals surface area contributed by atoms with Crippen LogP contribution in [0.5, 0.6) is 11.5 Å². The van der Waals surface area contributed by atoms with Gasteiger partial charge in [-0.25, -0.2) is 0 Å². The van der Waals surface area contributed by atoms with Crippen LogP contribution in [0.3, 0.4) is 0 Å². The van der Waals surface area contributed by atoms with Crippen LogP contribution in [-0.2, 0) is 17.1 Å². The molecular weight excluding hydrogens is 364 g/mol. The Kier molecular flexibility index (Phi) is 12.3. The average molecular weight is 384 g/mol. The minimum Gasteiger partial charge on any atom is -0.872 e. The van der Waals surface area contributed by atoms with E-state index in [0.717, 1.165) is 0 Å². The van der Waals surface area contributed by atoms with Crippen LogP contribution in [0.4, 0.5) is 0 Å². The van der Waals surface area contributed by atoms with Gasteiger partial charge >= 0.3 is 17.1 Å². The molecule has 0 atom stereocenters. The predicted molar refractivity (Wildman–Crippen MR) is 97.1 cm³/mol. The smallest absolute Gasteiger partial charge is 0.872 e. The van der Waals surface area contributed by atoms with Gasteiger partial charge in [0.2, 0.25) is 0 Å². The molecule has 0 N–H and O–H groups in total. The topological polar surface area (TPSA) is 70.8 Å². The standard InChI is InChI=1S/2C10H11NO.Cu/c2*1-2-7-11-8-9-5-3-4-6-10(9)12;/h2*2-6,8,12H,1,7H2;/q;;+2/p-2. The van der Waals surface area contributed by atoms with Gasteiger partial charge in [0, 0.05) is 12.4 Å². The fourth-order valence-corrected chi connectivity index (χ4v) is 1.63. The second kappa shape index (κ2) is 13.8. The largest absolute Gasteiger partial charge is 2.00 e. The molecule has 0 fully saturated rings. The van der Waals surface area contributed by atoms with E-state index in [1.165, 1.54) is 12.1 Å². The van der Waals surface area contributed by atoms with Gasteiger partial charge in [0.25, 0.3) is 0 Å². The van der Waals surface area contributed by atoms with E-state index in [0.29, 0.717) is 24.2 Å². The van der Waals surface area contributed by atoms with Gasteiger partial charge in [0.1, 0.15) is 0 Å². The summed E-state index contributed by atoms with van der Waals surface area (Å²) in [7, 11) is 0. The number of benzene rings is 2. The van der Waals surface area contributed by atoms with E-state index < -0.39 is 0 Å². The second-order valence-corrected chi connectivity index (χ2v) is 4.64. The summed E-state index contributed by atoms with van der Waals surface area (Å²) in [6.45, 7) is 8.14. The van der Waals surface area contributed by atoms with Crippen LogP contribution in [0.2, 0.25) is 0 Å². The van der Waals surface area contributed by atoms with Crippen molar-refractivity contribution in [2.45, 2.75) is 0 Å². The minimum absolute atomic E-state index is 0. The summed E-state index contributed by atoms with van der Waals surface area (Å²) in [6.07, 6.45) is 6.52. The molecule has 2 rings (SSSR count). The first-order chi connectivity index (χ1) is 11.7. The van der Waals surface area contributed by atoms with Gasteiger partial charge in [0.15, 0.2) is 0 Å². The summed E-state index contributed by atoms with van der Waals surface area (Å²) in [5.41, 5.74) is 1.25. The third-order valence-electron chi connectivity index (χ3n) is 2.77. The van der Waals surface area contributed by atoms with Crippen molar-refractivity contribution in [3.05, 3.63) is 85.0 Å². The van der Waals surface area contributed by atoms with E-state index in [1.54, 1.807) is 48.8 Å². The molecule has 0 saturated heterocycles. The van der Waals surface area contributed by atoms with E-state index >= 15 is 0 Å². The first-order valence-corrected chi connectivity index (χ1v) is 7.42. The molecule has 0 aliphatic rings. The van der Waals surface area contributed by atoms with Crippen LogP contribution in [0.25, 0.3) is 0 Å². The van der Waals surface area contributed by atoms with Gasteiger partial charge in [-0.2, -0.15) is 0 Å². The zero-order valence-corrected chi connectivity index (χ0v) is 14.7. The summed E-state index contributed by atoms with van der Waals surface area (Å²) < 4.78 is 0. The Morgan fingerprint density at radius 1 is 0.720 bits per heavy atom. The summed E-state index contributed by atoms with van der Waals surface area (Å²) in [5.74, 6) is 0.00984. The van der Waals surface area contributed by atoms with Crippen molar-refractivity contribution < 1.29 is 27.3 Å². The van der Waals surface area contributed by atoms with E-state index in [-0.39, 0.29) is 28.6 Å². The molecule has 0 spiro atoms. The van der Waals surface area contributed by atoms with Gasteiger partial charge in [-0.1, -0.05) is 60.7 Å². The molecular formula is C20H20CuN2O2. The number of aliphatic imine (C=N–C) groups is 2. The zero-order valence-electron chi connectivity index (χ0n) is 13.8. The first kappa shape index (κ1) is 22.4. The van der Waals surface area contributed by atoms with E-state index in [1.807, 2.05) is 12.1 Å². The molecule has 0 aromatic heterocycles. The van der Waals surface area contributed by atoms with Gasteiger partial charge in [-0.15, -0.1) is 24.7 Å². The molecule has 0 bridgehead atoms. The molecule has 4 nitrogen and oxygen atoms in total. The fourth-order valence-electron chi connectivity index (χ4n) is 1.63. The molecule has 1 radical (unpaired) electrons. The van der Waals surface area contributed by atoms with Gasteiger partial charge in [-0.05, 0) is 11.1 Å². The quantitative estimate of drug-likeness (QED) is 0.437. The van der Waals surface area contributed by atoms with Gasteiger partial charge in [0.05, 0.1) is 13.1 Å². The van der Waals surface area contributed by atoms with Crippen molar-refractivity contribution in [1.82, 2.24) is 0 Å². The molecule has 0 aliphatic carbocycles. The van der Waals surface area contributed by atoms with Crippen molar-refractivity contribution in [3.63, 3.8) is 0 Å². The third-order valence-corrected chi connectivity index (χ3v) is 2.77. The summed E-state index contributed by atoms with van der Waals surface area (Å²) in [5, 5.41) is 22.2. The van der Waals surface area contributed by atoms with Crippen LogP contribution < -0.4 is 10.2 Å². The Morgan fingerprint density at radius 3 is 1.40 bits per heavy atom. The second-order valence-electron chi connectivity index (χ2n) is 4.64. The van der Waals surface area contributed by atoms with Crippen LogP contribution in [0.15, 0.2) is 83.8 Å². The molecule has 0 unspecified atom stereocenters. The Balaban J connectivity index is 0.000000443. The Hall–Kier alpha value is -2.62. The summed E-state index contributed by atoms with van der Waals surface area (Å²) >= 11 is 0.